The van der Waals surface area contributed by atoms with E-state index in [0.717, 1.165) is 37.9 Å². The highest BCUT2D eigenvalue weighted by atomic mass is 35.5. The number of carbonyl (C=O) groups excluding carboxylic acids is 1. The fraction of sp³-hybridized carbons (Fsp3) is 0.938. The molecule has 2 aliphatic carbocycles. The molecule has 4 unspecified atom stereocenters. The maximum absolute atomic E-state index is 12.7. The molecule has 0 aromatic heterocycles. The molecule has 3 fully saturated rings. The van der Waals surface area contributed by atoms with E-state index in [0.29, 0.717) is 17.9 Å². The van der Waals surface area contributed by atoms with Crippen molar-refractivity contribution in [2.45, 2.75) is 57.9 Å². The molecule has 0 bridgehead atoms. The highest BCUT2D eigenvalue weighted by molar-refractivity contribution is 5.85. The normalized spacial score (nSPS) is 37.8. The number of rotatable bonds is 1. The average Bonchev–Trinajstić information content (AvgIpc) is 2.46. The Kier molecular flexibility index (Phi) is 5.74. The second-order valence-corrected chi connectivity index (χ2v) is 6.95. The number of nitrogens with zero attached hydrogens (tertiary/aromatic N) is 1. The minimum absolute atomic E-state index is 0. The third-order valence-corrected chi connectivity index (χ3v) is 5.57. The van der Waals surface area contributed by atoms with E-state index < -0.39 is 0 Å². The van der Waals surface area contributed by atoms with Crippen LogP contribution in [0.15, 0.2) is 0 Å². The van der Waals surface area contributed by atoms with Crippen LogP contribution >= 0.6 is 12.4 Å². The van der Waals surface area contributed by atoms with E-state index in [9.17, 15) is 4.79 Å². The Morgan fingerprint density at radius 2 is 1.85 bits per heavy atom. The minimum Gasteiger partial charge on any atom is -0.340 e. The number of amides is 1. The van der Waals surface area contributed by atoms with Gasteiger partial charge in [0.15, 0.2) is 0 Å². The van der Waals surface area contributed by atoms with Crippen LogP contribution in [0.25, 0.3) is 0 Å². The number of fused-ring (bicyclic) bond motifs is 1. The van der Waals surface area contributed by atoms with Crippen molar-refractivity contribution in [2.75, 3.05) is 19.6 Å². The molecule has 20 heavy (non-hydrogen) atoms. The maximum Gasteiger partial charge on any atom is 0.225 e. The number of nitrogens with one attached hydrogen (secondary N) is 1. The molecule has 0 aromatic rings. The first-order valence-electron chi connectivity index (χ1n) is 8.26. The number of carbonyl (C=O) groups is 1. The maximum atomic E-state index is 12.7. The molecule has 116 valence electrons. The number of piperazine rings is 1. The Labute approximate surface area is 129 Å². The summed E-state index contributed by atoms with van der Waals surface area (Å²) in [4.78, 5) is 14.8. The second-order valence-electron chi connectivity index (χ2n) is 6.95. The Bertz CT molecular complexity index is 336. The van der Waals surface area contributed by atoms with Gasteiger partial charge in [0.25, 0.3) is 0 Å². The third-order valence-electron chi connectivity index (χ3n) is 5.57. The highest BCUT2D eigenvalue weighted by Gasteiger charge is 2.37. The lowest BCUT2D eigenvalue weighted by Gasteiger charge is -2.41. The lowest BCUT2D eigenvalue weighted by Crippen LogP contribution is -2.53. The van der Waals surface area contributed by atoms with Crippen LogP contribution in [0.5, 0.6) is 0 Å². The molecular formula is C16H29ClN2O. The van der Waals surface area contributed by atoms with Gasteiger partial charge in [0, 0.05) is 31.6 Å². The monoisotopic (exact) mass is 300 g/mol. The zero-order chi connectivity index (χ0) is 13.2. The van der Waals surface area contributed by atoms with E-state index in [2.05, 4.69) is 17.1 Å². The van der Waals surface area contributed by atoms with E-state index in [1.54, 1.807) is 0 Å². The molecule has 3 rings (SSSR count). The molecule has 3 aliphatic rings. The van der Waals surface area contributed by atoms with Crippen LogP contribution in [0, 0.1) is 17.8 Å². The molecule has 1 aliphatic heterocycles. The summed E-state index contributed by atoms with van der Waals surface area (Å²) >= 11 is 0. The first-order chi connectivity index (χ1) is 9.24. The van der Waals surface area contributed by atoms with Gasteiger partial charge in [-0.2, -0.15) is 0 Å². The Morgan fingerprint density at radius 3 is 2.60 bits per heavy atom. The summed E-state index contributed by atoms with van der Waals surface area (Å²) in [6.45, 7) is 4.96. The van der Waals surface area contributed by atoms with Crippen LogP contribution in [0.4, 0.5) is 0 Å². The quantitative estimate of drug-likeness (QED) is 0.807. The lowest BCUT2D eigenvalue weighted by molar-refractivity contribution is -0.139. The van der Waals surface area contributed by atoms with Crippen molar-refractivity contribution in [1.29, 1.82) is 0 Å². The van der Waals surface area contributed by atoms with Crippen LogP contribution in [0.2, 0.25) is 0 Å². The zero-order valence-electron chi connectivity index (χ0n) is 12.6. The van der Waals surface area contributed by atoms with Crippen molar-refractivity contribution in [1.82, 2.24) is 10.2 Å². The van der Waals surface area contributed by atoms with Gasteiger partial charge in [-0.15, -0.1) is 12.4 Å². The highest BCUT2D eigenvalue weighted by Crippen LogP contribution is 2.43. The summed E-state index contributed by atoms with van der Waals surface area (Å²) in [6, 6.07) is 0.462. The number of hydrogen-bond donors (Lipinski definition) is 1. The fourth-order valence-corrected chi connectivity index (χ4v) is 4.49. The van der Waals surface area contributed by atoms with Crippen molar-refractivity contribution in [2.24, 2.45) is 17.8 Å². The van der Waals surface area contributed by atoms with Gasteiger partial charge in [0.2, 0.25) is 5.91 Å². The van der Waals surface area contributed by atoms with E-state index >= 15 is 0 Å². The van der Waals surface area contributed by atoms with Gasteiger partial charge in [0.05, 0.1) is 0 Å². The molecule has 1 N–H and O–H groups in total. The van der Waals surface area contributed by atoms with E-state index in [4.69, 9.17) is 0 Å². The molecule has 1 heterocycles. The number of hydrogen-bond acceptors (Lipinski definition) is 2. The average molecular weight is 301 g/mol. The van der Waals surface area contributed by atoms with Crippen molar-refractivity contribution in [3.05, 3.63) is 0 Å². The summed E-state index contributed by atoms with van der Waals surface area (Å²) in [6.07, 6.45) is 9.27. The molecule has 0 spiro atoms. The zero-order valence-corrected chi connectivity index (χ0v) is 13.5. The topological polar surface area (TPSA) is 32.3 Å². The summed E-state index contributed by atoms with van der Waals surface area (Å²) in [5, 5.41) is 3.42. The molecule has 1 amide bonds. The smallest absolute Gasteiger partial charge is 0.225 e. The second kappa shape index (κ2) is 7.13. The van der Waals surface area contributed by atoms with Gasteiger partial charge in [-0.3, -0.25) is 4.79 Å². The van der Waals surface area contributed by atoms with Crippen molar-refractivity contribution < 1.29 is 4.79 Å². The van der Waals surface area contributed by atoms with Crippen LogP contribution in [0.3, 0.4) is 0 Å². The van der Waals surface area contributed by atoms with E-state index in [1.807, 2.05) is 0 Å². The SMILES string of the molecule is CC1CN(C(=O)C2CCC3CCCCC3C2)CCN1.Cl. The predicted octanol–water partition coefficient (Wildman–Crippen LogP) is 2.84. The molecular weight excluding hydrogens is 272 g/mol. The van der Waals surface area contributed by atoms with Gasteiger partial charge in [-0.1, -0.05) is 25.7 Å². The molecule has 4 heteroatoms. The molecule has 1 saturated heterocycles. The van der Waals surface area contributed by atoms with Gasteiger partial charge >= 0.3 is 0 Å². The third kappa shape index (κ3) is 3.48. The molecule has 4 atom stereocenters. The molecule has 2 saturated carbocycles. The first-order valence-corrected chi connectivity index (χ1v) is 8.26. The van der Waals surface area contributed by atoms with Crippen LogP contribution in [-0.4, -0.2) is 36.5 Å². The van der Waals surface area contributed by atoms with E-state index in [1.165, 1.54) is 38.5 Å². The largest absolute Gasteiger partial charge is 0.340 e. The van der Waals surface area contributed by atoms with Crippen molar-refractivity contribution >= 4 is 18.3 Å². The summed E-state index contributed by atoms with van der Waals surface area (Å²) in [5.74, 6) is 2.60. The van der Waals surface area contributed by atoms with Gasteiger partial charge in [-0.05, 0) is 38.0 Å². The molecule has 0 aromatic carbocycles. The summed E-state index contributed by atoms with van der Waals surface area (Å²) < 4.78 is 0. The Morgan fingerprint density at radius 1 is 1.10 bits per heavy atom. The molecule has 0 radical (unpaired) electrons. The van der Waals surface area contributed by atoms with Crippen molar-refractivity contribution in [3.8, 4) is 0 Å². The van der Waals surface area contributed by atoms with Crippen molar-refractivity contribution in [3.63, 3.8) is 0 Å². The Balaban J connectivity index is 0.00000147. The van der Waals surface area contributed by atoms with Gasteiger partial charge in [-0.25, -0.2) is 0 Å². The first kappa shape index (κ1) is 16.1. The van der Waals surface area contributed by atoms with Gasteiger partial charge < -0.3 is 10.2 Å². The van der Waals surface area contributed by atoms with Gasteiger partial charge in [0.1, 0.15) is 0 Å². The lowest BCUT2D eigenvalue weighted by atomic mass is 9.67. The van der Waals surface area contributed by atoms with Crippen LogP contribution in [0.1, 0.15) is 51.9 Å². The number of halogens is 1. The summed E-state index contributed by atoms with van der Waals surface area (Å²) in [5.41, 5.74) is 0. The minimum atomic E-state index is 0. The summed E-state index contributed by atoms with van der Waals surface area (Å²) in [7, 11) is 0. The standard InChI is InChI=1S/C16H28N2O.ClH/c1-12-11-18(9-8-17-12)16(19)15-7-6-13-4-2-3-5-14(13)10-15;/h12-15,17H,2-11H2,1H3;1H. The van der Waals surface area contributed by atoms with E-state index in [-0.39, 0.29) is 12.4 Å². The predicted molar refractivity (Wildman–Crippen MR) is 84.1 cm³/mol. The fourth-order valence-electron chi connectivity index (χ4n) is 4.49. The molecule has 3 nitrogen and oxygen atoms in total. The van der Waals surface area contributed by atoms with Crippen LogP contribution < -0.4 is 5.32 Å². The Hall–Kier alpha value is -0.280. The van der Waals surface area contributed by atoms with Crippen LogP contribution in [-0.2, 0) is 4.79 Å².